The number of fused-ring (bicyclic) bond motifs is 1. The molecule has 0 spiro atoms. The van der Waals surface area contributed by atoms with Gasteiger partial charge in [-0.3, -0.25) is 9.59 Å². The van der Waals surface area contributed by atoms with Crippen molar-refractivity contribution < 1.29 is 19.1 Å². The predicted octanol–water partition coefficient (Wildman–Crippen LogP) is 2.22. The lowest BCUT2D eigenvalue weighted by Crippen LogP contribution is -2.28. The Morgan fingerprint density at radius 1 is 1.38 bits per heavy atom. The van der Waals surface area contributed by atoms with Gasteiger partial charge in [0.15, 0.2) is 5.13 Å². The van der Waals surface area contributed by atoms with Gasteiger partial charge < -0.3 is 19.7 Å². The fraction of sp³-hybridized carbons (Fsp3) is 0.389. The van der Waals surface area contributed by atoms with Gasteiger partial charge >= 0.3 is 0 Å². The van der Waals surface area contributed by atoms with E-state index in [1.807, 2.05) is 12.1 Å². The van der Waals surface area contributed by atoms with E-state index in [1.54, 1.807) is 24.1 Å². The molecule has 0 radical (unpaired) electrons. The summed E-state index contributed by atoms with van der Waals surface area (Å²) in [7, 11) is 1.60. The first-order valence-corrected chi connectivity index (χ1v) is 9.27. The van der Waals surface area contributed by atoms with Crippen LogP contribution in [0.25, 0.3) is 0 Å². The molecular weight excluding hydrogens is 354 g/mol. The summed E-state index contributed by atoms with van der Waals surface area (Å²) in [5, 5.41) is 3.45. The van der Waals surface area contributed by atoms with Gasteiger partial charge in [-0.1, -0.05) is 11.3 Å². The second-order valence-corrected chi connectivity index (χ2v) is 7.37. The lowest BCUT2D eigenvalue weighted by atomic mass is 10.1. The zero-order valence-electron chi connectivity index (χ0n) is 14.4. The molecule has 8 heteroatoms. The second-order valence-electron chi connectivity index (χ2n) is 6.28. The van der Waals surface area contributed by atoms with Crippen molar-refractivity contribution >= 4 is 34.0 Å². The number of amides is 2. The van der Waals surface area contributed by atoms with Crippen LogP contribution in [0, 0.1) is 5.92 Å². The van der Waals surface area contributed by atoms with Crippen LogP contribution in [0.4, 0.5) is 10.8 Å². The molecule has 0 aliphatic carbocycles. The van der Waals surface area contributed by atoms with Gasteiger partial charge in [0.1, 0.15) is 5.75 Å². The molecule has 0 saturated carbocycles. The zero-order chi connectivity index (χ0) is 18.1. The van der Waals surface area contributed by atoms with Gasteiger partial charge in [-0.2, -0.15) is 0 Å². The van der Waals surface area contributed by atoms with E-state index in [0.29, 0.717) is 24.9 Å². The molecule has 1 aromatic heterocycles. The number of nitrogens with one attached hydrogen (secondary N) is 1. The van der Waals surface area contributed by atoms with E-state index in [0.717, 1.165) is 28.4 Å². The van der Waals surface area contributed by atoms with Crippen molar-refractivity contribution in [2.75, 3.05) is 30.5 Å². The Bertz CT molecular complexity index is 810. The summed E-state index contributed by atoms with van der Waals surface area (Å²) in [5.74, 6) is 0.122. The lowest BCUT2D eigenvalue weighted by Gasteiger charge is -2.16. The highest BCUT2D eigenvalue weighted by molar-refractivity contribution is 7.15. The maximum atomic E-state index is 12.6. The van der Waals surface area contributed by atoms with Crippen LogP contribution in [-0.2, 0) is 27.4 Å². The molecule has 1 unspecified atom stereocenters. The summed E-state index contributed by atoms with van der Waals surface area (Å²) in [6.45, 7) is 1.58. The number of benzene rings is 1. The smallest absolute Gasteiger partial charge is 0.231 e. The van der Waals surface area contributed by atoms with Gasteiger partial charge in [-0.15, -0.1) is 0 Å². The number of carbonyl (C=O) groups excluding carboxylic acids is 2. The van der Waals surface area contributed by atoms with Gasteiger partial charge in [-0.25, -0.2) is 4.98 Å². The third-order valence-electron chi connectivity index (χ3n) is 4.60. The quantitative estimate of drug-likeness (QED) is 0.889. The summed E-state index contributed by atoms with van der Waals surface area (Å²) in [6, 6.07) is 7.26. The number of hydrogen-bond donors (Lipinski definition) is 1. The molecule has 4 rings (SSSR count). The van der Waals surface area contributed by atoms with Crippen LogP contribution in [0.1, 0.15) is 17.0 Å². The number of nitrogens with zero attached hydrogens (tertiary/aromatic N) is 2. The van der Waals surface area contributed by atoms with E-state index >= 15 is 0 Å². The molecule has 1 atom stereocenters. The van der Waals surface area contributed by atoms with Crippen molar-refractivity contribution in [2.45, 2.75) is 19.4 Å². The fourth-order valence-corrected chi connectivity index (χ4v) is 4.13. The second kappa shape index (κ2) is 7.05. The molecule has 1 fully saturated rings. The Morgan fingerprint density at radius 2 is 2.19 bits per heavy atom. The van der Waals surface area contributed by atoms with Crippen molar-refractivity contribution in [3.8, 4) is 5.75 Å². The minimum atomic E-state index is -0.387. The normalized spacial score (nSPS) is 19.3. The lowest BCUT2D eigenvalue weighted by molar-refractivity contribution is -0.122. The standard InChI is InChI=1S/C18H19N3O4S/c1-24-13-4-2-12(3-5-13)21-9-11(8-16(21)22)17(23)20-18-19-14-6-7-25-10-15(14)26-18/h2-5,11H,6-10H2,1H3,(H,19,20,23). The van der Waals surface area contributed by atoms with E-state index in [9.17, 15) is 9.59 Å². The van der Waals surface area contributed by atoms with Crippen LogP contribution in [-0.4, -0.2) is 37.1 Å². The first kappa shape index (κ1) is 17.0. The van der Waals surface area contributed by atoms with E-state index in [-0.39, 0.29) is 24.2 Å². The maximum absolute atomic E-state index is 12.6. The van der Waals surface area contributed by atoms with E-state index in [2.05, 4.69) is 10.3 Å². The van der Waals surface area contributed by atoms with Crippen LogP contribution in [0.5, 0.6) is 5.75 Å². The molecule has 2 aliphatic rings. The number of rotatable bonds is 4. The van der Waals surface area contributed by atoms with Crippen molar-refractivity contribution in [3.63, 3.8) is 0 Å². The highest BCUT2D eigenvalue weighted by Crippen LogP contribution is 2.30. The SMILES string of the molecule is COc1ccc(N2CC(C(=O)Nc3nc4c(s3)COCC4)CC2=O)cc1. The van der Waals surface area contributed by atoms with Gasteiger partial charge in [-0.05, 0) is 24.3 Å². The summed E-state index contributed by atoms with van der Waals surface area (Å²) in [6.07, 6.45) is 0.973. The Labute approximate surface area is 154 Å². The average Bonchev–Trinajstić information content (AvgIpc) is 3.24. The molecule has 3 heterocycles. The number of methoxy groups -OCH3 is 1. The molecule has 2 aromatic rings. The van der Waals surface area contributed by atoms with Crippen molar-refractivity contribution in [1.82, 2.24) is 4.98 Å². The number of ether oxygens (including phenoxy) is 2. The highest BCUT2D eigenvalue weighted by atomic mass is 32.1. The van der Waals surface area contributed by atoms with Crippen LogP contribution >= 0.6 is 11.3 Å². The van der Waals surface area contributed by atoms with Crippen LogP contribution in [0.2, 0.25) is 0 Å². The van der Waals surface area contributed by atoms with Crippen molar-refractivity contribution in [3.05, 3.63) is 34.8 Å². The number of carbonyl (C=O) groups is 2. The predicted molar refractivity (Wildman–Crippen MR) is 97.6 cm³/mol. The van der Waals surface area contributed by atoms with Crippen LogP contribution < -0.4 is 15.0 Å². The zero-order valence-corrected chi connectivity index (χ0v) is 15.2. The van der Waals surface area contributed by atoms with Gasteiger partial charge in [0, 0.05) is 25.1 Å². The molecule has 1 N–H and O–H groups in total. The third kappa shape index (κ3) is 3.30. The first-order valence-electron chi connectivity index (χ1n) is 8.45. The molecule has 136 valence electrons. The van der Waals surface area contributed by atoms with Gasteiger partial charge in [0.2, 0.25) is 11.8 Å². The summed E-state index contributed by atoms with van der Waals surface area (Å²) in [4.78, 5) is 32.1. The van der Waals surface area contributed by atoms with Gasteiger partial charge in [0.05, 0.1) is 36.8 Å². The minimum absolute atomic E-state index is 0.0536. The first-order chi connectivity index (χ1) is 12.6. The molecule has 1 aromatic carbocycles. The largest absolute Gasteiger partial charge is 0.497 e. The molecule has 1 saturated heterocycles. The molecule has 26 heavy (non-hydrogen) atoms. The Kier molecular flexibility index (Phi) is 4.60. The number of anilines is 2. The minimum Gasteiger partial charge on any atom is -0.497 e. The summed E-state index contributed by atoms with van der Waals surface area (Å²) < 4.78 is 10.5. The Morgan fingerprint density at radius 3 is 2.92 bits per heavy atom. The van der Waals surface area contributed by atoms with Crippen LogP contribution in [0.15, 0.2) is 24.3 Å². The third-order valence-corrected chi connectivity index (χ3v) is 5.59. The van der Waals surface area contributed by atoms with Gasteiger partial charge in [0.25, 0.3) is 0 Å². The number of thiazole rings is 1. The van der Waals surface area contributed by atoms with E-state index in [1.165, 1.54) is 11.3 Å². The topological polar surface area (TPSA) is 80.8 Å². The van der Waals surface area contributed by atoms with Crippen molar-refractivity contribution in [1.29, 1.82) is 0 Å². The Balaban J connectivity index is 1.42. The number of aromatic nitrogens is 1. The maximum Gasteiger partial charge on any atom is 0.231 e. The Hall–Kier alpha value is -2.45. The van der Waals surface area contributed by atoms with Crippen molar-refractivity contribution in [2.24, 2.45) is 5.92 Å². The molecule has 7 nitrogen and oxygen atoms in total. The monoisotopic (exact) mass is 373 g/mol. The van der Waals surface area contributed by atoms with E-state index < -0.39 is 0 Å². The highest BCUT2D eigenvalue weighted by Gasteiger charge is 2.35. The summed E-state index contributed by atoms with van der Waals surface area (Å²) in [5.41, 5.74) is 1.77. The average molecular weight is 373 g/mol. The molecule has 0 bridgehead atoms. The molecule has 2 aliphatic heterocycles. The molecular formula is C18H19N3O4S. The number of hydrogen-bond acceptors (Lipinski definition) is 6. The summed E-state index contributed by atoms with van der Waals surface area (Å²) >= 11 is 1.44. The fourth-order valence-electron chi connectivity index (χ4n) is 3.18. The molecule has 2 amide bonds. The van der Waals surface area contributed by atoms with Crippen LogP contribution in [0.3, 0.4) is 0 Å². The van der Waals surface area contributed by atoms with E-state index in [4.69, 9.17) is 9.47 Å².